The molecule has 0 bridgehead atoms. The van der Waals surface area contributed by atoms with E-state index in [9.17, 15) is 18.0 Å². The second-order valence-corrected chi connectivity index (χ2v) is 12.0. The Labute approximate surface area is 222 Å². The van der Waals surface area contributed by atoms with E-state index < -0.39 is 16.1 Å². The van der Waals surface area contributed by atoms with E-state index in [-0.39, 0.29) is 30.8 Å². The third kappa shape index (κ3) is 8.32. The Morgan fingerprint density at radius 3 is 2.32 bits per heavy atom. The number of hydrogen-bond acceptors (Lipinski definition) is 4. The van der Waals surface area contributed by atoms with Crippen molar-refractivity contribution in [1.29, 1.82) is 0 Å². The predicted octanol–water partition coefficient (Wildman–Crippen LogP) is 4.58. The lowest BCUT2D eigenvalue weighted by Crippen LogP contribution is -2.49. The molecule has 1 N–H and O–H groups in total. The Morgan fingerprint density at radius 1 is 1.05 bits per heavy atom. The zero-order chi connectivity index (χ0) is 27.0. The number of nitrogens with one attached hydrogen (secondary N) is 1. The SMILES string of the molecule is CCc1ccc(N(CCCC(=O)N(Cc2cccc(C)c2)C(C)C(=O)NC2CCCC2)S(C)(=O)=O)cc1. The fourth-order valence-corrected chi connectivity index (χ4v) is 5.85. The van der Waals surface area contributed by atoms with Crippen molar-refractivity contribution >= 4 is 27.5 Å². The van der Waals surface area contributed by atoms with E-state index in [2.05, 4.69) is 5.32 Å². The van der Waals surface area contributed by atoms with Crippen LogP contribution >= 0.6 is 0 Å². The van der Waals surface area contributed by atoms with Crippen molar-refractivity contribution in [2.45, 2.75) is 84.3 Å². The van der Waals surface area contributed by atoms with Crippen molar-refractivity contribution in [2.24, 2.45) is 0 Å². The van der Waals surface area contributed by atoms with Crippen LogP contribution in [0.4, 0.5) is 5.69 Å². The summed E-state index contributed by atoms with van der Waals surface area (Å²) in [5.41, 5.74) is 3.77. The summed E-state index contributed by atoms with van der Waals surface area (Å²) in [4.78, 5) is 28.1. The van der Waals surface area contributed by atoms with E-state index in [4.69, 9.17) is 0 Å². The Balaban J connectivity index is 1.71. The summed E-state index contributed by atoms with van der Waals surface area (Å²) < 4.78 is 26.4. The molecule has 1 unspecified atom stereocenters. The largest absolute Gasteiger partial charge is 0.352 e. The fraction of sp³-hybridized carbons (Fsp3) is 0.517. The average molecular weight is 528 g/mol. The van der Waals surface area contributed by atoms with Gasteiger partial charge in [0.1, 0.15) is 6.04 Å². The second kappa shape index (κ2) is 13.1. The minimum Gasteiger partial charge on any atom is -0.352 e. The number of amides is 2. The van der Waals surface area contributed by atoms with Crippen molar-refractivity contribution in [3.63, 3.8) is 0 Å². The summed E-state index contributed by atoms with van der Waals surface area (Å²) in [5, 5.41) is 3.12. The first-order valence-corrected chi connectivity index (χ1v) is 15.2. The van der Waals surface area contributed by atoms with E-state index in [1.807, 2.05) is 50.2 Å². The number of sulfonamides is 1. The van der Waals surface area contributed by atoms with Crippen LogP contribution in [-0.2, 0) is 32.6 Å². The zero-order valence-electron chi connectivity index (χ0n) is 22.6. The maximum absolute atomic E-state index is 13.4. The van der Waals surface area contributed by atoms with Crippen LogP contribution in [0.2, 0.25) is 0 Å². The molecule has 1 aliphatic rings. The Hall–Kier alpha value is -2.87. The van der Waals surface area contributed by atoms with Crippen LogP contribution in [0.25, 0.3) is 0 Å². The van der Waals surface area contributed by atoms with Crippen LogP contribution in [-0.4, -0.2) is 50.0 Å². The van der Waals surface area contributed by atoms with Gasteiger partial charge in [0.25, 0.3) is 0 Å². The normalized spacial score (nSPS) is 14.8. The number of nitrogens with zero attached hydrogens (tertiary/aromatic N) is 2. The summed E-state index contributed by atoms with van der Waals surface area (Å²) in [5.74, 6) is -0.299. The third-order valence-electron chi connectivity index (χ3n) is 7.09. The van der Waals surface area contributed by atoms with Gasteiger partial charge in [0, 0.05) is 25.6 Å². The summed E-state index contributed by atoms with van der Waals surface area (Å²) >= 11 is 0. The van der Waals surface area contributed by atoms with Gasteiger partial charge in [0.15, 0.2) is 0 Å². The topological polar surface area (TPSA) is 86.8 Å². The number of aryl methyl sites for hydroxylation is 2. The molecule has 2 amide bonds. The molecule has 0 aromatic heterocycles. The van der Waals surface area contributed by atoms with Crippen molar-refractivity contribution in [3.8, 4) is 0 Å². The van der Waals surface area contributed by atoms with Gasteiger partial charge in [-0.3, -0.25) is 13.9 Å². The monoisotopic (exact) mass is 527 g/mol. The molecular formula is C29H41N3O4S. The highest BCUT2D eigenvalue weighted by Crippen LogP contribution is 2.21. The number of rotatable bonds is 12. The maximum Gasteiger partial charge on any atom is 0.242 e. The van der Waals surface area contributed by atoms with Crippen molar-refractivity contribution in [3.05, 3.63) is 65.2 Å². The molecule has 0 saturated heterocycles. The summed E-state index contributed by atoms with van der Waals surface area (Å²) in [6, 6.07) is 14.9. The molecule has 0 spiro atoms. The van der Waals surface area contributed by atoms with Gasteiger partial charge >= 0.3 is 0 Å². The molecule has 0 aliphatic heterocycles. The molecule has 0 radical (unpaired) electrons. The number of carbonyl (C=O) groups is 2. The smallest absolute Gasteiger partial charge is 0.242 e. The summed E-state index contributed by atoms with van der Waals surface area (Å²) in [6.07, 6.45) is 6.73. The molecule has 37 heavy (non-hydrogen) atoms. The molecular weight excluding hydrogens is 486 g/mol. The van der Waals surface area contributed by atoms with Gasteiger partial charge in [-0.2, -0.15) is 0 Å². The molecule has 1 atom stereocenters. The van der Waals surface area contributed by atoms with Gasteiger partial charge in [0.05, 0.1) is 11.9 Å². The first kappa shape index (κ1) is 28.7. The number of hydrogen-bond donors (Lipinski definition) is 1. The Kier molecular flexibility index (Phi) is 10.1. The van der Waals surface area contributed by atoms with Gasteiger partial charge in [-0.15, -0.1) is 0 Å². The second-order valence-electron chi connectivity index (χ2n) is 10.1. The molecule has 2 aromatic rings. The van der Waals surface area contributed by atoms with Gasteiger partial charge in [-0.05, 0) is 62.8 Å². The Bertz CT molecular complexity index is 1160. The lowest BCUT2D eigenvalue weighted by Gasteiger charge is -2.30. The predicted molar refractivity (Wildman–Crippen MR) is 149 cm³/mol. The third-order valence-corrected chi connectivity index (χ3v) is 8.28. The van der Waals surface area contributed by atoms with Gasteiger partial charge < -0.3 is 10.2 Å². The molecule has 1 saturated carbocycles. The molecule has 2 aromatic carbocycles. The van der Waals surface area contributed by atoms with Crippen molar-refractivity contribution in [2.75, 3.05) is 17.1 Å². The molecule has 8 heteroatoms. The van der Waals surface area contributed by atoms with E-state index in [1.54, 1.807) is 24.0 Å². The van der Waals surface area contributed by atoms with Gasteiger partial charge in [0.2, 0.25) is 21.8 Å². The van der Waals surface area contributed by atoms with Gasteiger partial charge in [-0.25, -0.2) is 8.42 Å². The van der Waals surface area contributed by atoms with E-state index in [0.717, 1.165) is 48.8 Å². The lowest BCUT2D eigenvalue weighted by atomic mass is 10.1. The van der Waals surface area contributed by atoms with Crippen molar-refractivity contribution < 1.29 is 18.0 Å². The van der Waals surface area contributed by atoms with Gasteiger partial charge in [-0.1, -0.05) is 61.7 Å². The average Bonchev–Trinajstić information content (AvgIpc) is 3.37. The van der Waals surface area contributed by atoms with Crippen LogP contribution in [0.15, 0.2) is 48.5 Å². The summed E-state index contributed by atoms with van der Waals surface area (Å²) in [7, 11) is -3.51. The Morgan fingerprint density at radius 2 is 1.73 bits per heavy atom. The molecule has 0 heterocycles. The van der Waals surface area contributed by atoms with E-state index in [0.29, 0.717) is 18.7 Å². The lowest BCUT2D eigenvalue weighted by molar-refractivity contribution is -0.141. The molecule has 7 nitrogen and oxygen atoms in total. The van der Waals surface area contributed by atoms with Crippen LogP contribution in [0.3, 0.4) is 0 Å². The van der Waals surface area contributed by atoms with Crippen molar-refractivity contribution in [1.82, 2.24) is 10.2 Å². The first-order chi connectivity index (χ1) is 17.6. The zero-order valence-corrected chi connectivity index (χ0v) is 23.4. The molecule has 1 fully saturated rings. The number of anilines is 1. The van der Waals surface area contributed by atoms with E-state index in [1.165, 1.54) is 10.6 Å². The number of benzene rings is 2. The summed E-state index contributed by atoms with van der Waals surface area (Å²) in [6.45, 7) is 6.34. The molecule has 1 aliphatic carbocycles. The minimum atomic E-state index is -3.51. The van der Waals surface area contributed by atoms with Crippen LogP contribution in [0.5, 0.6) is 0 Å². The van der Waals surface area contributed by atoms with Crippen LogP contribution < -0.4 is 9.62 Å². The van der Waals surface area contributed by atoms with Crippen LogP contribution in [0.1, 0.15) is 69.1 Å². The highest BCUT2D eigenvalue weighted by Gasteiger charge is 2.28. The maximum atomic E-state index is 13.4. The highest BCUT2D eigenvalue weighted by molar-refractivity contribution is 7.92. The first-order valence-electron chi connectivity index (χ1n) is 13.3. The fourth-order valence-electron chi connectivity index (χ4n) is 4.88. The standard InChI is InChI=1S/C29H41N3O4S/c1-5-24-15-17-27(18-16-24)32(37(4,35)36)19-9-14-28(33)31(21-25-11-8-10-22(2)20-25)23(3)29(34)30-26-12-6-7-13-26/h8,10-11,15-18,20,23,26H,5-7,9,12-14,19,21H2,1-4H3,(H,30,34). The highest BCUT2D eigenvalue weighted by atomic mass is 32.2. The minimum absolute atomic E-state index is 0.137. The quantitative estimate of drug-likeness (QED) is 0.438. The molecule has 202 valence electrons. The van der Waals surface area contributed by atoms with Crippen LogP contribution in [0, 0.1) is 6.92 Å². The molecule has 3 rings (SSSR count). The van der Waals surface area contributed by atoms with E-state index >= 15 is 0 Å². The number of carbonyl (C=O) groups excluding carboxylic acids is 2.